The lowest BCUT2D eigenvalue weighted by Crippen LogP contribution is -2.45. The van der Waals surface area contributed by atoms with E-state index in [4.69, 9.17) is 0 Å². The van der Waals surface area contributed by atoms with E-state index in [1.807, 2.05) is 0 Å². The van der Waals surface area contributed by atoms with E-state index in [1.165, 1.54) is 43.5 Å². The molecule has 0 unspecified atom stereocenters. The molecule has 2 heterocycles. The minimum absolute atomic E-state index is 0.0189. The normalized spacial score (nSPS) is 14.1. The van der Waals surface area contributed by atoms with E-state index in [1.54, 1.807) is 36.4 Å². The van der Waals surface area contributed by atoms with Gasteiger partial charge in [0.15, 0.2) is 0 Å². The second-order valence-corrected chi connectivity index (χ2v) is 8.72. The molecule has 9 nitrogen and oxygen atoms in total. The molecule has 32 heavy (non-hydrogen) atoms. The maximum absolute atomic E-state index is 12.7. The van der Waals surface area contributed by atoms with Crippen LogP contribution in [0.15, 0.2) is 77.8 Å². The minimum atomic E-state index is -3.86. The third-order valence-corrected chi connectivity index (χ3v) is 6.30. The smallest absolute Gasteiger partial charge is 0.263 e. The fourth-order valence-corrected chi connectivity index (χ4v) is 4.27. The van der Waals surface area contributed by atoms with Crippen LogP contribution in [0.25, 0.3) is 0 Å². The number of anilines is 2. The summed E-state index contributed by atoms with van der Waals surface area (Å²) in [5, 5.41) is 2.60. The molecule has 1 aliphatic heterocycles. The van der Waals surface area contributed by atoms with Crippen molar-refractivity contribution in [1.82, 2.24) is 9.88 Å². The van der Waals surface area contributed by atoms with Crippen LogP contribution >= 0.6 is 0 Å². The first-order chi connectivity index (χ1) is 15.3. The Morgan fingerprint density at radius 1 is 0.906 bits per heavy atom. The van der Waals surface area contributed by atoms with Gasteiger partial charge in [-0.05, 0) is 55.5 Å². The lowest BCUT2D eigenvalue weighted by molar-refractivity contribution is -0.119. The van der Waals surface area contributed by atoms with Crippen molar-refractivity contribution in [1.29, 1.82) is 0 Å². The maximum atomic E-state index is 12.7. The fraction of sp³-hybridized carbons (Fsp3) is 0.0909. The van der Waals surface area contributed by atoms with E-state index < -0.39 is 33.8 Å². The van der Waals surface area contributed by atoms with Gasteiger partial charge in [-0.25, -0.2) is 13.4 Å². The van der Waals surface area contributed by atoms with Gasteiger partial charge in [0.2, 0.25) is 5.91 Å². The largest absolute Gasteiger partial charge is 0.324 e. The summed E-state index contributed by atoms with van der Waals surface area (Å²) < 4.78 is 27.3. The van der Waals surface area contributed by atoms with Crippen molar-refractivity contribution >= 4 is 39.3 Å². The number of benzene rings is 2. The summed E-state index contributed by atoms with van der Waals surface area (Å²) >= 11 is 0. The highest BCUT2D eigenvalue weighted by Gasteiger charge is 2.40. The molecular weight excluding hydrogens is 432 g/mol. The first kappa shape index (κ1) is 21.2. The Morgan fingerprint density at radius 3 is 2.06 bits per heavy atom. The number of carbonyl (C=O) groups is 3. The monoisotopic (exact) mass is 450 g/mol. The molecule has 1 aliphatic rings. The molecule has 0 saturated heterocycles. The first-order valence-corrected chi connectivity index (χ1v) is 11.1. The number of sulfonamides is 1. The third-order valence-electron chi connectivity index (χ3n) is 4.93. The van der Waals surface area contributed by atoms with E-state index in [0.717, 1.165) is 4.90 Å². The SMILES string of the molecule is C[C@H](C(=O)Nc1ccc(S(=O)(=O)Nc2ccccn2)cc1)N1C(=O)c2ccccc2C1=O. The Labute approximate surface area is 184 Å². The van der Waals surface area contributed by atoms with Gasteiger partial charge in [0.1, 0.15) is 11.9 Å². The zero-order valence-corrected chi connectivity index (χ0v) is 17.7. The van der Waals surface area contributed by atoms with Gasteiger partial charge in [0, 0.05) is 11.9 Å². The molecule has 3 aromatic rings. The van der Waals surface area contributed by atoms with Gasteiger partial charge in [-0.15, -0.1) is 0 Å². The van der Waals surface area contributed by atoms with Crippen molar-refractivity contribution in [2.75, 3.05) is 10.0 Å². The second kappa shape index (κ2) is 8.23. The van der Waals surface area contributed by atoms with Gasteiger partial charge in [-0.1, -0.05) is 18.2 Å². The topological polar surface area (TPSA) is 126 Å². The number of amides is 3. The van der Waals surface area contributed by atoms with Crippen molar-refractivity contribution in [3.63, 3.8) is 0 Å². The van der Waals surface area contributed by atoms with Crippen LogP contribution < -0.4 is 10.0 Å². The molecule has 4 rings (SSSR count). The van der Waals surface area contributed by atoms with Crippen molar-refractivity contribution in [2.45, 2.75) is 17.9 Å². The van der Waals surface area contributed by atoms with E-state index in [9.17, 15) is 22.8 Å². The van der Waals surface area contributed by atoms with Crippen molar-refractivity contribution < 1.29 is 22.8 Å². The van der Waals surface area contributed by atoms with Crippen molar-refractivity contribution in [2.24, 2.45) is 0 Å². The van der Waals surface area contributed by atoms with Gasteiger partial charge in [-0.3, -0.25) is 24.0 Å². The lowest BCUT2D eigenvalue weighted by atomic mass is 10.1. The maximum Gasteiger partial charge on any atom is 0.263 e. The van der Waals surface area contributed by atoms with Gasteiger partial charge in [0.25, 0.3) is 21.8 Å². The Bertz CT molecular complexity index is 1270. The van der Waals surface area contributed by atoms with Crippen LogP contribution in [0.3, 0.4) is 0 Å². The number of fused-ring (bicyclic) bond motifs is 1. The zero-order valence-electron chi connectivity index (χ0n) is 16.8. The van der Waals surface area contributed by atoms with Crippen LogP contribution in [0.1, 0.15) is 27.6 Å². The van der Waals surface area contributed by atoms with Gasteiger partial charge < -0.3 is 5.32 Å². The van der Waals surface area contributed by atoms with Crippen LogP contribution in [0.2, 0.25) is 0 Å². The predicted octanol–water partition coefficient (Wildman–Crippen LogP) is 2.51. The molecule has 1 atom stereocenters. The van der Waals surface area contributed by atoms with Gasteiger partial charge in [-0.2, -0.15) is 0 Å². The summed E-state index contributed by atoms with van der Waals surface area (Å²) in [5.74, 6) is -1.47. The molecule has 0 radical (unpaired) electrons. The fourth-order valence-electron chi connectivity index (χ4n) is 3.26. The predicted molar refractivity (Wildman–Crippen MR) is 117 cm³/mol. The number of pyridine rings is 1. The molecule has 0 fully saturated rings. The summed E-state index contributed by atoms with van der Waals surface area (Å²) in [6, 6.07) is 15.6. The van der Waals surface area contributed by atoms with Crippen molar-refractivity contribution in [3.8, 4) is 0 Å². The summed E-state index contributed by atoms with van der Waals surface area (Å²) in [5.41, 5.74) is 0.828. The van der Waals surface area contributed by atoms with Gasteiger partial charge >= 0.3 is 0 Å². The summed E-state index contributed by atoms with van der Waals surface area (Å²) in [6.07, 6.45) is 1.46. The van der Waals surface area contributed by atoms with Crippen LogP contribution in [-0.4, -0.2) is 42.1 Å². The quantitative estimate of drug-likeness (QED) is 0.556. The third kappa shape index (κ3) is 3.95. The Kier molecular flexibility index (Phi) is 5.45. The molecule has 2 N–H and O–H groups in total. The molecule has 3 amide bonds. The Morgan fingerprint density at radius 2 is 1.50 bits per heavy atom. The van der Waals surface area contributed by atoms with Crippen LogP contribution in [0.5, 0.6) is 0 Å². The highest BCUT2D eigenvalue weighted by atomic mass is 32.2. The summed E-state index contributed by atoms with van der Waals surface area (Å²) in [6.45, 7) is 1.45. The molecular formula is C22H18N4O5S. The average molecular weight is 450 g/mol. The molecule has 2 aromatic carbocycles. The lowest BCUT2D eigenvalue weighted by Gasteiger charge is -2.21. The van der Waals surface area contributed by atoms with E-state index in [0.29, 0.717) is 5.69 Å². The number of carbonyl (C=O) groups excluding carboxylic acids is 3. The molecule has 0 aliphatic carbocycles. The minimum Gasteiger partial charge on any atom is -0.324 e. The molecule has 0 spiro atoms. The number of rotatable bonds is 6. The second-order valence-electron chi connectivity index (χ2n) is 7.04. The highest BCUT2D eigenvalue weighted by molar-refractivity contribution is 7.92. The highest BCUT2D eigenvalue weighted by Crippen LogP contribution is 2.25. The van der Waals surface area contributed by atoms with E-state index in [2.05, 4.69) is 15.0 Å². The first-order valence-electron chi connectivity index (χ1n) is 9.59. The molecule has 162 valence electrons. The van der Waals surface area contributed by atoms with Gasteiger partial charge in [0.05, 0.1) is 16.0 Å². The number of hydrogen-bond acceptors (Lipinski definition) is 6. The Hall–Kier alpha value is -4.05. The molecule has 1 aromatic heterocycles. The number of aromatic nitrogens is 1. The van der Waals surface area contributed by atoms with Crippen molar-refractivity contribution in [3.05, 3.63) is 84.1 Å². The average Bonchev–Trinajstić information content (AvgIpc) is 3.04. The summed E-state index contributed by atoms with van der Waals surface area (Å²) in [7, 11) is -3.86. The Balaban J connectivity index is 1.45. The number of imide groups is 1. The standard InChI is InChI=1S/C22H18N4O5S/c1-14(26-21(28)17-6-2-3-7-18(17)22(26)29)20(27)24-15-9-11-16(12-10-15)32(30,31)25-19-8-4-5-13-23-19/h2-14H,1H3,(H,23,25)(H,24,27)/t14-/m1/s1. The molecule has 0 saturated carbocycles. The van der Waals surface area contributed by atoms with E-state index >= 15 is 0 Å². The number of nitrogens with one attached hydrogen (secondary N) is 2. The number of hydrogen-bond donors (Lipinski definition) is 2. The molecule has 0 bridgehead atoms. The zero-order chi connectivity index (χ0) is 22.9. The van der Waals surface area contributed by atoms with Crippen LogP contribution in [0, 0.1) is 0 Å². The van der Waals surface area contributed by atoms with Crippen LogP contribution in [-0.2, 0) is 14.8 Å². The summed E-state index contributed by atoms with van der Waals surface area (Å²) in [4.78, 5) is 42.6. The molecule has 10 heteroatoms. The number of nitrogens with zero attached hydrogens (tertiary/aromatic N) is 2. The van der Waals surface area contributed by atoms with Crippen LogP contribution in [0.4, 0.5) is 11.5 Å². The van der Waals surface area contributed by atoms with E-state index in [-0.39, 0.29) is 21.8 Å².